The van der Waals surface area contributed by atoms with Gasteiger partial charge in [0, 0.05) is 16.5 Å². The van der Waals surface area contributed by atoms with Crippen LogP contribution in [-0.2, 0) is 11.2 Å². The Morgan fingerprint density at radius 2 is 2.07 bits per heavy atom. The molecular weight excluding hydrogens is 283 g/mol. The summed E-state index contributed by atoms with van der Waals surface area (Å²) in [5, 5.41) is 7.99. The van der Waals surface area contributed by atoms with Crippen molar-refractivity contribution in [3.63, 3.8) is 0 Å². The van der Waals surface area contributed by atoms with E-state index in [-0.39, 0.29) is 6.42 Å². The van der Waals surface area contributed by atoms with E-state index in [9.17, 15) is 9.59 Å². The topological polar surface area (TPSA) is 54.4 Å². The van der Waals surface area contributed by atoms with Crippen molar-refractivity contribution in [3.05, 3.63) is 33.8 Å². The minimum Gasteiger partial charge on any atom is -0.481 e. The highest BCUT2D eigenvalue weighted by Gasteiger charge is 2.07. The average Bonchev–Trinajstić information content (AvgIpc) is 2.16. The van der Waals surface area contributed by atoms with Gasteiger partial charge in [-0.3, -0.25) is 9.59 Å². The number of halogens is 2. The number of hydrogen-bond acceptors (Lipinski definition) is 2. The molecular formula is C10H8BrClO3. The molecule has 0 bridgehead atoms. The van der Waals surface area contributed by atoms with Crippen molar-refractivity contribution in [2.75, 3.05) is 0 Å². The first kappa shape index (κ1) is 12.2. The van der Waals surface area contributed by atoms with Crippen LogP contribution in [-0.4, -0.2) is 16.3 Å². The van der Waals surface area contributed by atoms with Crippen molar-refractivity contribution in [2.24, 2.45) is 0 Å². The molecule has 3 nitrogen and oxygen atoms in total. The molecule has 0 aliphatic rings. The third-order valence-corrected chi connectivity index (χ3v) is 2.87. The fraction of sp³-hybridized carbons (Fsp3) is 0.200. The van der Waals surface area contributed by atoms with Gasteiger partial charge in [0.15, 0.2) is 0 Å². The Bertz CT molecular complexity index is 404. The van der Waals surface area contributed by atoms with E-state index in [4.69, 9.17) is 16.7 Å². The Labute approximate surface area is 100 Å². The molecule has 0 radical (unpaired) electrons. The molecule has 1 rings (SSSR count). The highest BCUT2D eigenvalue weighted by molar-refractivity contribution is 9.10. The van der Waals surface area contributed by atoms with Crippen LogP contribution in [0.2, 0.25) is 0 Å². The van der Waals surface area contributed by atoms with Crippen molar-refractivity contribution in [1.29, 1.82) is 0 Å². The molecule has 0 aliphatic carbocycles. The summed E-state index contributed by atoms with van der Waals surface area (Å²) in [5.74, 6) is -0.871. The molecule has 0 aliphatic heterocycles. The lowest BCUT2D eigenvalue weighted by Crippen LogP contribution is -1.99. The third kappa shape index (κ3) is 3.64. The normalized spacial score (nSPS) is 10.0. The molecule has 0 saturated heterocycles. The summed E-state index contributed by atoms with van der Waals surface area (Å²) >= 11 is 8.60. The summed E-state index contributed by atoms with van der Waals surface area (Å²) in [6.45, 7) is 0. The number of hydrogen-bond donors (Lipinski definition) is 1. The molecule has 0 atom stereocenters. The predicted molar refractivity (Wildman–Crippen MR) is 60.3 cm³/mol. The third-order valence-electron chi connectivity index (χ3n) is 1.88. The van der Waals surface area contributed by atoms with E-state index in [2.05, 4.69) is 15.9 Å². The van der Waals surface area contributed by atoms with Crippen molar-refractivity contribution < 1.29 is 14.7 Å². The largest absolute Gasteiger partial charge is 0.481 e. The van der Waals surface area contributed by atoms with Gasteiger partial charge in [0.05, 0.1) is 0 Å². The van der Waals surface area contributed by atoms with Crippen LogP contribution in [0.3, 0.4) is 0 Å². The highest BCUT2D eigenvalue weighted by Crippen LogP contribution is 2.20. The van der Waals surface area contributed by atoms with Crippen molar-refractivity contribution in [1.82, 2.24) is 0 Å². The van der Waals surface area contributed by atoms with Crippen LogP contribution in [0.1, 0.15) is 22.3 Å². The predicted octanol–water partition coefficient (Wildman–Crippen LogP) is 2.85. The van der Waals surface area contributed by atoms with Gasteiger partial charge in [-0.05, 0) is 41.8 Å². The van der Waals surface area contributed by atoms with Gasteiger partial charge in [0.1, 0.15) is 0 Å². The minimum atomic E-state index is -0.871. The number of carbonyl (C=O) groups is 2. The SMILES string of the molecule is O=C(O)CCc1cc(C(=O)Cl)ccc1Br. The second-order valence-corrected chi connectivity index (χ2v) is 4.17. The molecule has 5 heteroatoms. The number of carboxylic acids is 1. The van der Waals surface area contributed by atoms with E-state index < -0.39 is 11.2 Å². The maximum atomic E-state index is 10.9. The molecule has 0 heterocycles. The molecule has 1 N–H and O–H groups in total. The minimum absolute atomic E-state index is 0.0263. The lowest BCUT2D eigenvalue weighted by Gasteiger charge is -2.04. The van der Waals surface area contributed by atoms with Gasteiger partial charge < -0.3 is 5.11 Å². The molecule has 15 heavy (non-hydrogen) atoms. The summed E-state index contributed by atoms with van der Waals surface area (Å²) < 4.78 is 0.783. The van der Waals surface area contributed by atoms with Crippen LogP contribution in [0, 0.1) is 0 Å². The average molecular weight is 292 g/mol. The summed E-state index contributed by atoms with van der Waals surface area (Å²) in [7, 11) is 0. The maximum absolute atomic E-state index is 10.9. The second-order valence-electron chi connectivity index (χ2n) is 2.97. The molecule has 0 amide bonds. The van der Waals surface area contributed by atoms with E-state index in [1.807, 2.05) is 0 Å². The number of carboxylic acid groups (broad SMARTS) is 1. The first-order valence-corrected chi connectivity index (χ1v) is 5.38. The quantitative estimate of drug-likeness (QED) is 0.868. The Morgan fingerprint density at radius 1 is 1.40 bits per heavy atom. The smallest absolute Gasteiger partial charge is 0.303 e. The van der Waals surface area contributed by atoms with Crippen LogP contribution < -0.4 is 0 Å². The summed E-state index contributed by atoms with van der Waals surface area (Å²) in [4.78, 5) is 21.3. The zero-order valence-corrected chi connectivity index (χ0v) is 10.0. The van der Waals surface area contributed by atoms with Crippen LogP contribution in [0.15, 0.2) is 22.7 Å². The van der Waals surface area contributed by atoms with Crippen LogP contribution in [0.25, 0.3) is 0 Å². The zero-order chi connectivity index (χ0) is 11.4. The molecule has 80 valence electrons. The molecule has 0 spiro atoms. The fourth-order valence-corrected chi connectivity index (χ4v) is 1.69. The van der Waals surface area contributed by atoms with Crippen molar-refractivity contribution in [2.45, 2.75) is 12.8 Å². The first-order valence-electron chi connectivity index (χ1n) is 4.20. The summed E-state index contributed by atoms with van der Waals surface area (Å²) in [6, 6.07) is 4.87. The van der Waals surface area contributed by atoms with Gasteiger partial charge in [0.25, 0.3) is 5.24 Å². The van der Waals surface area contributed by atoms with E-state index in [1.165, 1.54) is 0 Å². The molecule has 0 aromatic heterocycles. The molecule has 0 fully saturated rings. The van der Waals surface area contributed by atoms with Gasteiger partial charge in [-0.1, -0.05) is 15.9 Å². The second kappa shape index (κ2) is 5.28. The van der Waals surface area contributed by atoms with Gasteiger partial charge in [-0.25, -0.2) is 0 Å². The van der Waals surface area contributed by atoms with Gasteiger partial charge in [-0.2, -0.15) is 0 Å². The van der Waals surface area contributed by atoms with Crippen LogP contribution in [0.5, 0.6) is 0 Å². The molecule has 1 aromatic carbocycles. The number of carbonyl (C=O) groups excluding carboxylic acids is 1. The van der Waals surface area contributed by atoms with Crippen LogP contribution >= 0.6 is 27.5 Å². The molecule has 0 unspecified atom stereocenters. The van der Waals surface area contributed by atoms with Crippen LogP contribution in [0.4, 0.5) is 0 Å². The summed E-state index contributed by atoms with van der Waals surface area (Å²) in [5.41, 5.74) is 1.14. The Morgan fingerprint density at radius 3 is 2.60 bits per heavy atom. The lowest BCUT2D eigenvalue weighted by atomic mass is 10.1. The summed E-state index contributed by atoms with van der Waals surface area (Å²) in [6.07, 6.45) is 0.395. The first-order chi connectivity index (χ1) is 7.00. The van der Waals surface area contributed by atoms with E-state index in [1.54, 1.807) is 18.2 Å². The highest BCUT2D eigenvalue weighted by atomic mass is 79.9. The van der Waals surface area contributed by atoms with Gasteiger partial charge >= 0.3 is 5.97 Å². The molecule has 0 saturated carbocycles. The molecule has 1 aromatic rings. The Balaban J connectivity index is 2.90. The number of aliphatic carboxylic acids is 1. The standard InChI is InChI=1S/C10H8BrClO3/c11-8-3-1-7(10(12)15)5-6(8)2-4-9(13)14/h1,3,5H,2,4H2,(H,13,14). The Kier molecular flexibility index (Phi) is 4.29. The fourth-order valence-electron chi connectivity index (χ4n) is 1.13. The van der Waals surface area contributed by atoms with Gasteiger partial charge in [0.2, 0.25) is 0 Å². The van der Waals surface area contributed by atoms with E-state index >= 15 is 0 Å². The number of aryl methyl sites for hydroxylation is 1. The van der Waals surface area contributed by atoms with Gasteiger partial charge in [-0.15, -0.1) is 0 Å². The maximum Gasteiger partial charge on any atom is 0.303 e. The number of benzene rings is 1. The lowest BCUT2D eigenvalue weighted by molar-refractivity contribution is -0.136. The monoisotopic (exact) mass is 290 g/mol. The van der Waals surface area contributed by atoms with Crippen molar-refractivity contribution >= 4 is 38.7 Å². The van der Waals surface area contributed by atoms with E-state index in [0.29, 0.717) is 12.0 Å². The van der Waals surface area contributed by atoms with E-state index in [0.717, 1.165) is 10.0 Å². The zero-order valence-electron chi connectivity index (χ0n) is 7.67. The Hall–Kier alpha value is -0.870. The number of rotatable bonds is 4. The van der Waals surface area contributed by atoms with Crippen molar-refractivity contribution in [3.8, 4) is 0 Å².